The molecule has 0 rings (SSSR count). The summed E-state index contributed by atoms with van der Waals surface area (Å²) in [6.07, 6.45) is 1.19. The second-order valence-corrected chi connectivity index (χ2v) is 1.58. The molecule has 0 aromatic rings. The molecule has 0 amide bonds. The van der Waals surface area contributed by atoms with E-state index in [0.717, 1.165) is 6.54 Å². The summed E-state index contributed by atoms with van der Waals surface area (Å²) in [6.45, 7) is 3.24. The van der Waals surface area contributed by atoms with Crippen molar-refractivity contribution in [2.24, 2.45) is 0 Å². The molecule has 0 aliphatic carbocycles. The van der Waals surface area contributed by atoms with E-state index in [1.807, 2.05) is 11.9 Å². The van der Waals surface area contributed by atoms with Crippen LogP contribution in [0, 0.1) is 7.05 Å². The minimum absolute atomic E-state index is 0. The predicted octanol–water partition coefficient (Wildman–Crippen LogP) is -1.88. The first kappa shape index (κ1) is 10.5. The summed E-state index contributed by atoms with van der Waals surface area (Å²) < 4.78 is 0. The second-order valence-electron chi connectivity index (χ2n) is 1.58. The minimum atomic E-state index is 0. The number of rotatable bonds is 2. The Labute approximate surface area is 58.3 Å². The first-order valence-corrected chi connectivity index (χ1v) is 2.29. The second kappa shape index (κ2) is 6.56. The van der Waals surface area contributed by atoms with Gasteiger partial charge < -0.3 is 4.90 Å². The van der Waals surface area contributed by atoms with Gasteiger partial charge in [0.15, 0.2) is 0 Å². The summed E-state index contributed by atoms with van der Waals surface area (Å²) in [6, 6.07) is 0. The van der Waals surface area contributed by atoms with E-state index in [-0.39, 0.29) is 18.9 Å². The summed E-state index contributed by atoms with van der Waals surface area (Å²) in [5.41, 5.74) is 0. The predicted molar refractivity (Wildman–Crippen MR) is 28.3 cm³/mol. The van der Waals surface area contributed by atoms with Crippen molar-refractivity contribution in [2.75, 3.05) is 13.6 Å². The minimum Gasteiger partial charge on any atom is -0.462 e. The van der Waals surface area contributed by atoms with E-state index >= 15 is 0 Å². The molecular formula is C5H12LiN. The van der Waals surface area contributed by atoms with Crippen molar-refractivity contribution in [3.63, 3.8) is 0 Å². The summed E-state index contributed by atoms with van der Waals surface area (Å²) in [5.74, 6) is 0. The first-order chi connectivity index (χ1) is 2.77. The van der Waals surface area contributed by atoms with Gasteiger partial charge in [0.25, 0.3) is 0 Å². The van der Waals surface area contributed by atoms with Crippen molar-refractivity contribution in [3.05, 3.63) is 7.05 Å². The Morgan fingerprint density at radius 2 is 2.00 bits per heavy atom. The zero-order valence-electron chi connectivity index (χ0n) is 5.57. The van der Waals surface area contributed by atoms with Crippen LogP contribution in [0.5, 0.6) is 0 Å². The SMILES string of the molecule is [CH2-]N(C)CCC.[Li+]. The van der Waals surface area contributed by atoms with Crippen molar-refractivity contribution in [1.29, 1.82) is 0 Å². The molecule has 0 heterocycles. The third-order valence-corrected chi connectivity index (χ3v) is 0.605. The topological polar surface area (TPSA) is 3.24 Å². The Morgan fingerprint density at radius 1 is 1.57 bits per heavy atom. The zero-order valence-corrected chi connectivity index (χ0v) is 5.57. The van der Waals surface area contributed by atoms with Gasteiger partial charge in [0.05, 0.1) is 0 Å². The molecule has 0 aliphatic rings. The standard InChI is InChI=1S/C5H12N.Li/c1-4-5-6(2)3;/h2,4-5H2,1,3H3;/q-1;+1. The molecule has 0 aliphatic heterocycles. The van der Waals surface area contributed by atoms with Gasteiger partial charge in [-0.1, -0.05) is 6.92 Å². The van der Waals surface area contributed by atoms with Crippen LogP contribution in [0.1, 0.15) is 13.3 Å². The Kier molecular flexibility index (Phi) is 9.86. The molecule has 0 fully saturated rings. The fourth-order valence-electron chi connectivity index (χ4n) is 0.382. The van der Waals surface area contributed by atoms with Crippen LogP contribution in [0.4, 0.5) is 0 Å². The molecule has 2 heteroatoms. The number of hydrogen-bond acceptors (Lipinski definition) is 1. The molecule has 0 saturated heterocycles. The van der Waals surface area contributed by atoms with Gasteiger partial charge in [-0.25, -0.2) is 0 Å². The van der Waals surface area contributed by atoms with Gasteiger partial charge in [0.1, 0.15) is 0 Å². The summed E-state index contributed by atoms with van der Waals surface area (Å²) >= 11 is 0. The molecule has 0 spiro atoms. The smallest absolute Gasteiger partial charge is 0.462 e. The van der Waals surface area contributed by atoms with Crippen LogP contribution in [0.3, 0.4) is 0 Å². The largest absolute Gasteiger partial charge is 1.00 e. The monoisotopic (exact) mass is 93.1 g/mol. The van der Waals surface area contributed by atoms with Crippen molar-refractivity contribution >= 4 is 0 Å². The van der Waals surface area contributed by atoms with Crippen molar-refractivity contribution < 1.29 is 18.9 Å². The van der Waals surface area contributed by atoms with Crippen molar-refractivity contribution in [1.82, 2.24) is 4.90 Å². The van der Waals surface area contributed by atoms with Crippen LogP contribution < -0.4 is 18.9 Å². The van der Waals surface area contributed by atoms with Crippen molar-refractivity contribution in [2.45, 2.75) is 13.3 Å². The molecule has 1 nitrogen and oxygen atoms in total. The maximum absolute atomic E-state index is 3.66. The molecule has 0 saturated carbocycles. The molecular weight excluding hydrogens is 81.0 g/mol. The van der Waals surface area contributed by atoms with Crippen LogP contribution in [0.15, 0.2) is 0 Å². The van der Waals surface area contributed by atoms with Gasteiger partial charge in [-0.15, -0.1) is 0 Å². The van der Waals surface area contributed by atoms with Gasteiger partial charge in [0, 0.05) is 0 Å². The van der Waals surface area contributed by atoms with E-state index in [9.17, 15) is 0 Å². The van der Waals surface area contributed by atoms with Gasteiger partial charge in [-0.05, 0) is 20.0 Å². The van der Waals surface area contributed by atoms with E-state index in [4.69, 9.17) is 0 Å². The average Bonchev–Trinajstić information content (AvgIpc) is 1.35. The van der Waals surface area contributed by atoms with Crippen LogP contribution in [0.2, 0.25) is 0 Å². The van der Waals surface area contributed by atoms with Gasteiger partial charge in [-0.2, -0.15) is 0 Å². The zero-order chi connectivity index (χ0) is 4.99. The van der Waals surface area contributed by atoms with Gasteiger partial charge >= 0.3 is 18.9 Å². The fourth-order valence-corrected chi connectivity index (χ4v) is 0.382. The third-order valence-electron chi connectivity index (χ3n) is 0.605. The van der Waals surface area contributed by atoms with Crippen molar-refractivity contribution in [3.8, 4) is 0 Å². The molecule has 0 bridgehead atoms. The molecule has 0 aromatic carbocycles. The Morgan fingerprint density at radius 3 is 2.00 bits per heavy atom. The number of nitrogens with zero attached hydrogens (tertiary/aromatic N) is 1. The van der Waals surface area contributed by atoms with Crippen LogP contribution >= 0.6 is 0 Å². The fraction of sp³-hybridized carbons (Fsp3) is 0.800. The Balaban J connectivity index is 0. The third kappa shape index (κ3) is 10.8. The quantitative estimate of drug-likeness (QED) is 0.285. The summed E-state index contributed by atoms with van der Waals surface area (Å²) in [5, 5.41) is 0. The maximum atomic E-state index is 3.66. The van der Waals surface area contributed by atoms with E-state index in [2.05, 4.69) is 14.0 Å². The van der Waals surface area contributed by atoms with Crippen LogP contribution in [0.25, 0.3) is 0 Å². The van der Waals surface area contributed by atoms with Gasteiger partial charge in [-0.3, -0.25) is 7.05 Å². The van der Waals surface area contributed by atoms with E-state index in [0.29, 0.717) is 0 Å². The molecule has 38 valence electrons. The first-order valence-electron chi connectivity index (χ1n) is 2.29. The average molecular weight is 93.1 g/mol. The van der Waals surface area contributed by atoms with E-state index in [1.54, 1.807) is 0 Å². The maximum Gasteiger partial charge on any atom is 1.00 e. The molecule has 0 atom stereocenters. The Hall–Kier alpha value is 0.557. The van der Waals surface area contributed by atoms with Crippen LogP contribution in [-0.4, -0.2) is 18.5 Å². The molecule has 0 aromatic heterocycles. The molecule has 0 N–H and O–H groups in total. The van der Waals surface area contributed by atoms with Gasteiger partial charge in [0.2, 0.25) is 0 Å². The normalized spacial score (nSPS) is 8.57. The molecule has 7 heavy (non-hydrogen) atoms. The van der Waals surface area contributed by atoms with E-state index in [1.165, 1.54) is 6.42 Å². The molecule has 0 radical (unpaired) electrons. The summed E-state index contributed by atoms with van der Waals surface area (Å²) in [4.78, 5) is 1.93. The molecule has 0 unspecified atom stereocenters. The number of hydrogen-bond donors (Lipinski definition) is 0. The van der Waals surface area contributed by atoms with E-state index < -0.39 is 0 Å². The summed E-state index contributed by atoms with van der Waals surface area (Å²) in [7, 11) is 5.64. The van der Waals surface area contributed by atoms with Crippen LogP contribution in [-0.2, 0) is 0 Å². The Bertz CT molecular complexity index is 29.3.